The van der Waals surface area contributed by atoms with Crippen molar-refractivity contribution in [3.63, 3.8) is 0 Å². The van der Waals surface area contributed by atoms with Crippen LogP contribution in [0.4, 0.5) is 4.79 Å². The molecule has 0 aromatic carbocycles. The summed E-state index contributed by atoms with van der Waals surface area (Å²) < 4.78 is 34.0. The second-order valence-electron chi connectivity index (χ2n) is 3.76. The highest BCUT2D eigenvalue weighted by atomic mass is 32.3. The molecular weight excluding hydrogens is 250 g/mol. The van der Waals surface area contributed by atoms with Crippen molar-refractivity contribution in [2.75, 3.05) is 6.54 Å². The molecule has 2 amide bonds. The van der Waals surface area contributed by atoms with Gasteiger partial charge in [0.15, 0.2) is 0 Å². The number of hydrogen-bond donors (Lipinski definition) is 1. The molecule has 2 bridgehead atoms. The lowest BCUT2D eigenvalue weighted by Crippen LogP contribution is -2.37. The molecule has 2 aliphatic rings. The molecule has 0 spiro atoms. The van der Waals surface area contributed by atoms with Gasteiger partial charge in [-0.15, -0.1) is 4.28 Å². The van der Waals surface area contributed by atoms with Gasteiger partial charge in [-0.2, -0.15) is 18.7 Å². The van der Waals surface area contributed by atoms with Gasteiger partial charge in [-0.25, -0.2) is 4.79 Å². The summed E-state index contributed by atoms with van der Waals surface area (Å²) in [6, 6.07) is -0.191. The zero-order chi connectivity index (χ0) is 12.8. The zero-order valence-corrected chi connectivity index (χ0v) is 9.59. The maximum absolute atomic E-state index is 11.7. The van der Waals surface area contributed by atoms with Gasteiger partial charge < -0.3 is 4.90 Å². The number of nitrogens with zero attached hydrogens (tertiary/aromatic N) is 3. The minimum Gasteiger partial charge on any atom is -0.301 e. The molecule has 92 valence electrons. The van der Waals surface area contributed by atoms with Crippen LogP contribution in [0.5, 0.6) is 0 Å². The lowest BCUT2D eigenvalue weighted by molar-refractivity contribution is -0.0211. The predicted octanol–water partition coefficient (Wildman–Crippen LogP) is -0.321. The van der Waals surface area contributed by atoms with Crippen LogP contribution in [0.25, 0.3) is 0 Å². The van der Waals surface area contributed by atoms with Crippen molar-refractivity contribution in [1.29, 1.82) is 5.26 Å². The third kappa shape index (κ3) is 1.97. The number of hydrogen-bond acceptors (Lipinski definition) is 5. The Balaban J connectivity index is 2.33. The molecule has 0 aromatic rings. The van der Waals surface area contributed by atoms with Gasteiger partial charge in [-0.05, 0) is 18.6 Å². The van der Waals surface area contributed by atoms with E-state index in [0.717, 1.165) is 0 Å². The lowest BCUT2D eigenvalue weighted by Gasteiger charge is -2.23. The first-order valence-electron chi connectivity index (χ1n) is 4.68. The molecule has 0 saturated carbocycles. The molecule has 2 unspecified atom stereocenters. The average molecular weight is 259 g/mol. The second kappa shape index (κ2) is 3.69. The fourth-order valence-electron chi connectivity index (χ4n) is 1.90. The maximum Gasteiger partial charge on any atom is 0.418 e. The number of fused-ring (bicyclic) bond motifs is 2. The Morgan fingerprint density at radius 2 is 2.29 bits per heavy atom. The van der Waals surface area contributed by atoms with Crippen LogP contribution in [0, 0.1) is 11.3 Å². The number of carbonyl (C=O) groups is 1. The van der Waals surface area contributed by atoms with Crippen molar-refractivity contribution in [1.82, 2.24) is 9.96 Å². The fourth-order valence-corrected chi connectivity index (χ4v) is 2.27. The minimum absolute atomic E-state index is 0.162. The van der Waals surface area contributed by atoms with Crippen molar-refractivity contribution in [2.45, 2.75) is 19.0 Å². The Hall–Kier alpha value is -1.63. The van der Waals surface area contributed by atoms with Gasteiger partial charge in [0.05, 0.1) is 12.6 Å². The van der Waals surface area contributed by atoms with Gasteiger partial charge in [0.1, 0.15) is 12.1 Å². The summed E-state index contributed by atoms with van der Waals surface area (Å²) in [5.41, 5.74) is 0.641. The summed E-state index contributed by atoms with van der Waals surface area (Å²) in [4.78, 5) is 12.9. The molecular formula is C8H9N3O5S. The Bertz CT molecular complexity index is 534. The van der Waals surface area contributed by atoms with Gasteiger partial charge in [0.2, 0.25) is 0 Å². The van der Waals surface area contributed by atoms with E-state index in [1.54, 1.807) is 13.0 Å². The van der Waals surface area contributed by atoms with Gasteiger partial charge in [-0.1, -0.05) is 0 Å². The summed E-state index contributed by atoms with van der Waals surface area (Å²) in [6.07, 6.45) is 1.55. The Kier molecular flexibility index (Phi) is 2.57. The van der Waals surface area contributed by atoms with Gasteiger partial charge >= 0.3 is 16.4 Å². The van der Waals surface area contributed by atoms with E-state index in [4.69, 9.17) is 9.81 Å². The molecule has 8 nitrogen and oxygen atoms in total. The number of urea groups is 1. The highest BCUT2D eigenvalue weighted by molar-refractivity contribution is 7.80. The monoisotopic (exact) mass is 259 g/mol. The number of hydroxylamine groups is 2. The maximum atomic E-state index is 11.7. The smallest absolute Gasteiger partial charge is 0.301 e. The highest BCUT2D eigenvalue weighted by Crippen LogP contribution is 2.30. The first-order valence-corrected chi connectivity index (χ1v) is 6.05. The van der Waals surface area contributed by atoms with Gasteiger partial charge in [-0.3, -0.25) is 4.55 Å². The summed E-state index contributed by atoms with van der Waals surface area (Å²) in [5.74, 6) is 0. The quantitative estimate of drug-likeness (QED) is 0.537. The van der Waals surface area contributed by atoms with Crippen LogP contribution in [0.3, 0.4) is 0 Å². The van der Waals surface area contributed by atoms with Crippen molar-refractivity contribution in [2.24, 2.45) is 0 Å². The van der Waals surface area contributed by atoms with Gasteiger partial charge in [0.25, 0.3) is 0 Å². The summed E-state index contributed by atoms with van der Waals surface area (Å²) >= 11 is 0. The highest BCUT2D eigenvalue weighted by Gasteiger charge is 2.47. The summed E-state index contributed by atoms with van der Waals surface area (Å²) in [7, 11) is -4.76. The fraction of sp³-hybridized carbons (Fsp3) is 0.500. The Labute approximate surface area is 97.6 Å². The largest absolute Gasteiger partial charge is 0.418 e. The number of carbonyl (C=O) groups excluding carboxylic acids is 1. The van der Waals surface area contributed by atoms with E-state index < -0.39 is 28.5 Å². The Morgan fingerprint density at radius 3 is 2.82 bits per heavy atom. The molecule has 2 aliphatic heterocycles. The lowest BCUT2D eigenvalue weighted by atomic mass is 10.0. The first-order chi connectivity index (χ1) is 7.83. The van der Waals surface area contributed by atoms with Crippen LogP contribution >= 0.6 is 0 Å². The van der Waals surface area contributed by atoms with E-state index in [0.29, 0.717) is 10.6 Å². The molecule has 0 radical (unpaired) electrons. The predicted molar refractivity (Wildman–Crippen MR) is 53.5 cm³/mol. The van der Waals surface area contributed by atoms with E-state index in [9.17, 15) is 13.2 Å². The third-order valence-corrected chi connectivity index (χ3v) is 3.02. The number of amides is 2. The third-order valence-electron chi connectivity index (χ3n) is 2.68. The molecule has 0 aromatic heterocycles. The first kappa shape index (κ1) is 11.8. The van der Waals surface area contributed by atoms with Crippen LogP contribution in [-0.4, -0.2) is 47.6 Å². The van der Waals surface area contributed by atoms with E-state index in [1.165, 1.54) is 4.90 Å². The molecule has 2 rings (SSSR count). The molecule has 1 fully saturated rings. The van der Waals surface area contributed by atoms with Crippen molar-refractivity contribution >= 4 is 16.4 Å². The van der Waals surface area contributed by atoms with E-state index in [2.05, 4.69) is 4.28 Å². The van der Waals surface area contributed by atoms with Crippen molar-refractivity contribution in [3.8, 4) is 6.07 Å². The number of rotatable bonds is 2. The van der Waals surface area contributed by atoms with Crippen LogP contribution in [0.1, 0.15) is 6.92 Å². The van der Waals surface area contributed by atoms with Crippen molar-refractivity contribution < 1.29 is 22.0 Å². The van der Waals surface area contributed by atoms with Crippen LogP contribution in [-0.2, 0) is 14.7 Å². The molecule has 17 heavy (non-hydrogen) atoms. The van der Waals surface area contributed by atoms with E-state index in [-0.39, 0.29) is 6.54 Å². The molecule has 1 saturated heterocycles. The summed E-state index contributed by atoms with van der Waals surface area (Å²) in [6.45, 7) is 1.82. The molecule has 0 aliphatic carbocycles. The normalized spacial score (nSPS) is 28.1. The molecule has 1 N–H and O–H groups in total. The summed E-state index contributed by atoms with van der Waals surface area (Å²) in [5, 5.41) is 9.42. The zero-order valence-electron chi connectivity index (χ0n) is 8.77. The molecule has 9 heteroatoms. The van der Waals surface area contributed by atoms with Crippen LogP contribution in [0.2, 0.25) is 0 Å². The molecule has 2 heterocycles. The molecule has 2 atom stereocenters. The van der Waals surface area contributed by atoms with E-state index in [1.807, 2.05) is 6.07 Å². The van der Waals surface area contributed by atoms with Crippen LogP contribution < -0.4 is 0 Å². The SMILES string of the molecule is CC1=CC(C#N)N2CC1N(OS(=O)(=O)O)C2=O. The Morgan fingerprint density at radius 1 is 1.65 bits per heavy atom. The second-order valence-corrected chi connectivity index (χ2v) is 4.77. The topological polar surface area (TPSA) is 111 Å². The van der Waals surface area contributed by atoms with Gasteiger partial charge in [0, 0.05) is 0 Å². The minimum atomic E-state index is -4.76. The van der Waals surface area contributed by atoms with E-state index >= 15 is 0 Å². The number of nitriles is 1. The van der Waals surface area contributed by atoms with Crippen LogP contribution in [0.15, 0.2) is 11.6 Å². The average Bonchev–Trinajstić information content (AvgIpc) is 2.48. The standard InChI is InChI=1S/C8H9N3O5S/c1-5-2-6(3-9)10-4-7(5)11(8(10)12)16-17(13,14)15/h2,6-7H,4H2,1H3,(H,13,14,15). The van der Waals surface area contributed by atoms with Crippen molar-refractivity contribution in [3.05, 3.63) is 11.6 Å².